The SMILES string of the molecule is CCOC(=O)c1ccc(NC(=O)[C@H](CC)Sc2nncn3c2cc2oc(C)cc23)cc1. The summed E-state index contributed by atoms with van der Waals surface area (Å²) in [7, 11) is 0. The lowest BCUT2D eigenvalue weighted by Gasteiger charge is -2.14. The van der Waals surface area contributed by atoms with Gasteiger partial charge in [-0.1, -0.05) is 18.7 Å². The summed E-state index contributed by atoms with van der Waals surface area (Å²) in [6.45, 7) is 5.91. The van der Waals surface area contributed by atoms with E-state index in [1.165, 1.54) is 11.8 Å². The van der Waals surface area contributed by atoms with Crippen LogP contribution in [0, 0.1) is 6.92 Å². The van der Waals surface area contributed by atoms with Crippen molar-refractivity contribution >= 4 is 45.9 Å². The first kappa shape index (κ1) is 20.9. The molecule has 0 aliphatic carbocycles. The zero-order valence-corrected chi connectivity index (χ0v) is 18.2. The van der Waals surface area contributed by atoms with E-state index in [-0.39, 0.29) is 17.1 Å². The molecule has 0 radical (unpaired) electrons. The lowest BCUT2D eigenvalue weighted by Crippen LogP contribution is -2.24. The van der Waals surface area contributed by atoms with Crippen molar-refractivity contribution in [2.24, 2.45) is 0 Å². The summed E-state index contributed by atoms with van der Waals surface area (Å²) in [5.41, 5.74) is 3.57. The van der Waals surface area contributed by atoms with E-state index in [0.29, 0.717) is 29.3 Å². The largest absolute Gasteiger partial charge is 0.462 e. The number of nitrogens with zero attached hydrogens (tertiary/aromatic N) is 3. The van der Waals surface area contributed by atoms with Crippen molar-refractivity contribution < 1.29 is 18.7 Å². The maximum atomic E-state index is 12.9. The van der Waals surface area contributed by atoms with E-state index < -0.39 is 0 Å². The van der Waals surface area contributed by atoms with Crippen molar-refractivity contribution in [2.75, 3.05) is 11.9 Å². The molecule has 0 unspecified atom stereocenters. The number of nitrogens with one attached hydrogen (secondary N) is 1. The van der Waals surface area contributed by atoms with E-state index in [2.05, 4.69) is 15.5 Å². The predicted octanol–water partition coefficient (Wildman–Crippen LogP) is 4.47. The number of amides is 1. The number of carbonyl (C=O) groups is 2. The van der Waals surface area contributed by atoms with Gasteiger partial charge in [0.25, 0.3) is 0 Å². The van der Waals surface area contributed by atoms with Crippen LogP contribution in [0.5, 0.6) is 0 Å². The molecule has 1 aromatic carbocycles. The van der Waals surface area contributed by atoms with Crippen molar-refractivity contribution in [1.82, 2.24) is 14.6 Å². The Balaban J connectivity index is 1.51. The van der Waals surface area contributed by atoms with E-state index >= 15 is 0 Å². The number of esters is 1. The molecule has 0 saturated carbocycles. The number of carbonyl (C=O) groups excluding carboxylic acids is 2. The van der Waals surface area contributed by atoms with Gasteiger partial charge in [-0.2, -0.15) is 0 Å². The number of anilines is 1. The second-order valence-electron chi connectivity index (χ2n) is 6.94. The summed E-state index contributed by atoms with van der Waals surface area (Å²) in [6, 6.07) is 10.5. The van der Waals surface area contributed by atoms with Crippen LogP contribution in [-0.2, 0) is 9.53 Å². The number of aryl methyl sites for hydroxylation is 1. The maximum Gasteiger partial charge on any atom is 0.338 e. The van der Waals surface area contributed by atoms with Crippen LogP contribution >= 0.6 is 11.8 Å². The number of furan rings is 1. The van der Waals surface area contributed by atoms with E-state index in [9.17, 15) is 9.59 Å². The molecule has 0 aliphatic heterocycles. The Labute approximate surface area is 183 Å². The summed E-state index contributed by atoms with van der Waals surface area (Å²) in [5.74, 6) is 0.290. The number of fused-ring (bicyclic) bond motifs is 3. The first-order valence-electron chi connectivity index (χ1n) is 9.97. The molecule has 0 bridgehead atoms. The molecule has 8 nitrogen and oxygen atoms in total. The highest BCUT2D eigenvalue weighted by atomic mass is 32.2. The molecule has 0 fully saturated rings. The lowest BCUT2D eigenvalue weighted by atomic mass is 10.2. The minimum absolute atomic E-state index is 0.147. The van der Waals surface area contributed by atoms with Crippen LogP contribution in [0.3, 0.4) is 0 Å². The van der Waals surface area contributed by atoms with Gasteiger partial charge >= 0.3 is 5.97 Å². The molecule has 3 aromatic heterocycles. The Morgan fingerprint density at radius 1 is 1.19 bits per heavy atom. The van der Waals surface area contributed by atoms with Gasteiger partial charge in [0.1, 0.15) is 17.1 Å². The first-order valence-corrected chi connectivity index (χ1v) is 10.9. The third kappa shape index (κ3) is 4.27. The van der Waals surface area contributed by atoms with Crippen LogP contribution < -0.4 is 5.32 Å². The molecule has 1 N–H and O–H groups in total. The Hall–Kier alpha value is -3.33. The molecule has 1 amide bonds. The maximum absolute atomic E-state index is 12.9. The Bertz CT molecular complexity index is 1250. The zero-order chi connectivity index (χ0) is 22.0. The molecule has 1 atom stereocenters. The van der Waals surface area contributed by atoms with Crippen molar-refractivity contribution in [3.8, 4) is 0 Å². The summed E-state index contributed by atoms with van der Waals surface area (Å²) in [4.78, 5) is 24.6. The van der Waals surface area contributed by atoms with Gasteiger partial charge in [0.15, 0.2) is 5.58 Å². The van der Waals surface area contributed by atoms with Gasteiger partial charge in [-0.05, 0) is 44.5 Å². The van der Waals surface area contributed by atoms with E-state index in [4.69, 9.17) is 9.15 Å². The van der Waals surface area contributed by atoms with Crippen LogP contribution in [0.15, 0.2) is 52.2 Å². The summed E-state index contributed by atoms with van der Waals surface area (Å²) >= 11 is 1.36. The molecule has 3 heterocycles. The molecule has 0 aliphatic rings. The lowest BCUT2D eigenvalue weighted by molar-refractivity contribution is -0.115. The quantitative estimate of drug-likeness (QED) is 0.336. The molecule has 9 heteroatoms. The minimum Gasteiger partial charge on any atom is -0.462 e. The van der Waals surface area contributed by atoms with Gasteiger partial charge in [-0.15, -0.1) is 10.2 Å². The predicted molar refractivity (Wildman–Crippen MR) is 118 cm³/mol. The van der Waals surface area contributed by atoms with Gasteiger partial charge in [-0.25, -0.2) is 4.79 Å². The molecule has 4 aromatic rings. The third-order valence-corrected chi connectivity index (χ3v) is 6.11. The van der Waals surface area contributed by atoms with E-state index in [1.807, 2.05) is 30.4 Å². The van der Waals surface area contributed by atoms with Gasteiger partial charge in [-0.3, -0.25) is 9.20 Å². The fraction of sp³-hybridized carbons (Fsp3) is 0.273. The second kappa shape index (κ2) is 8.81. The Morgan fingerprint density at radius 2 is 1.97 bits per heavy atom. The fourth-order valence-electron chi connectivity index (χ4n) is 3.27. The molecule has 0 spiro atoms. The summed E-state index contributed by atoms with van der Waals surface area (Å²) in [6.07, 6.45) is 2.25. The third-order valence-electron chi connectivity index (χ3n) is 4.77. The van der Waals surface area contributed by atoms with Crippen LogP contribution in [0.1, 0.15) is 36.4 Å². The second-order valence-corrected chi connectivity index (χ2v) is 8.14. The van der Waals surface area contributed by atoms with Gasteiger partial charge in [0.2, 0.25) is 5.91 Å². The minimum atomic E-state index is -0.387. The molecule has 0 saturated heterocycles. The monoisotopic (exact) mass is 438 g/mol. The van der Waals surface area contributed by atoms with E-state index in [0.717, 1.165) is 22.4 Å². The van der Waals surface area contributed by atoms with Crippen LogP contribution in [0.25, 0.3) is 16.6 Å². The number of benzene rings is 1. The van der Waals surface area contributed by atoms with Crippen molar-refractivity contribution in [1.29, 1.82) is 0 Å². The van der Waals surface area contributed by atoms with Crippen molar-refractivity contribution in [3.05, 3.63) is 54.0 Å². The fourth-order valence-corrected chi connectivity index (χ4v) is 4.25. The van der Waals surface area contributed by atoms with Crippen LogP contribution in [0.4, 0.5) is 5.69 Å². The summed E-state index contributed by atoms with van der Waals surface area (Å²) in [5, 5.41) is 11.5. The van der Waals surface area contributed by atoms with E-state index in [1.54, 1.807) is 37.5 Å². The molecular formula is C22H22N4O4S. The number of ether oxygens (including phenoxy) is 1. The van der Waals surface area contributed by atoms with Crippen molar-refractivity contribution in [3.63, 3.8) is 0 Å². The number of hydrogen-bond donors (Lipinski definition) is 1. The standard InChI is InChI=1S/C22H22N4O4S/c1-4-19(20(27)24-15-8-6-14(7-9-15)22(28)29-5-2)31-21-17-11-18-16(10-13(3)30-18)26(17)12-23-25-21/h6-12,19H,4-5H2,1-3H3,(H,24,27)/t19-/m0/s1. The van der Waals surface area contributed by atoms with Gasteiger partial charge in [0, 0.05) is 17.8 Å². The molecular weight excluding hydrogens is 416 g/mol. The average molecular weight is 439 g/mol. The van der Waals surface area contributed by atoms with Gasteiger partial charge < -0.3 is 14.5 Å². The summed E-state index contributed by atoms with van der Waals surface area (Å²) < 4.78 is 12.6. The van der Waals surface area contributed by atoms with Crippen LogP contribution in [0.2, 0.25) is 0 Å². The number of aromatic nitrogens is 3. The topological polar surface area (TPSA) is 98.7 Å². The number of rotatable bonds is 7. The highest BCUT2D eigenvalue weighted by Crippen LogP contribution is 2.32. The Morgan fingerprint density at radius 3 is 2.68 bits per heavy atom. The molecule has 4 rings (SSSR count). The highest BCUT2D eigenvalue weighted by molar-refractivity contribution is 8.00. The first-order chi connectivity index (χ1) is 15.0. The van der Waals surface area contributed by atoms with Crippen molar-refractivity contribution in [2.45, 2.75) is 37.5 Å². The normalized spacial score (nSPS) is 12.2. The smallest absolute Gasteiger partial charge is 0.338 e. The molecule has 160 valence electrons. The Kier molecular flexibility index (Phi) is 5.94. The van der Waals surface area contributed by atoms with Gasteiger partial charge in [0.05, 0.1) is 28.5 Å². The van der Waals surface area contributed by atoms with Crippen LogP contribution in [-0.4, -0.2) is 38.3 Å². The molecule has 31 heavy (non-hydrogen) atoms. The zero-order valence-electron chi connectivity index (χ0n) is 17.4. The number of thioether (sulfide) groups is 1. The highest BCUT2D eigenvalue weighted by Gasteiger charge is 2.22. The number of hydrogen-bond acceptors (Lipinski definition) is 7. The average Bonchev–Trinajstić information content (AvgIpc) is 3.29.